The number of hydrogen-bond donors (Lipinski definition) is 1. The first-order chi connectivity index (χ1) is 13.1. The van der Waals surface area contributed by atoms with E-state index in [4.69, 9.17) is 4.74 Å². The monoisotopic (exact) mass is 369 g/mol. The van der Waals surface area contributed by atoms with Crippen LogP contribution in [0.3, 0.4) is 0 Å². The van der Waals surface area contributed by atoms with Crippen LogP contribution < -0.4 is 10.1 Å². The number of nitrogens with zero attached hydrogens (tertiary/aromatic N) is 4. The van der Waals surface area contributed by atoms with Gasteiger partial charge in [-0.1, -0.05) is 12.8 Å². The van der Waals surface area contributed by atoms with Gasteiger partial charge in [-0.25, -0.2) is 14.4 Å². The molecule has 142 valence electrons. The Morgan fingerprint density at radius 3 is 2.89 bits per heavy atom. The largest absolute Gasteiger partial charge is 0.491 e. The lowest BCUT2D eigenvalue weighted by Gasteiger charge is -2.27. The molecule has 0 bridgehead atoms. The Bertz CT molecular complexity index is 926. The zero-order valence-electron chi connectivity index (χ0n) is 15.6. The fourth-order valence-electron chi connectivity index (χ4n) is 3.49. The van der Waals surface area contributed by atoms with Crippen molar-refractivity contribution in [3.05, 3.63) is 36.9 Å². The molecule has 3 aromatic rings. The van der Waals surface area contributed by atoms with Gasteiger partial charge in [-0.3, -0.25) is 9.38 Å². The molecule has 6 nitrogen and oxygen atoms in total. The molecule has 27 heavy (non-hydrogen) atoms. The minimum Gasteiger partial charge on any atom is -0.491 e. The number of halogens is 1. The van der Waals surface area contributed by atoms with Crippen LogP contribution in [0, 0.1) is 0 Å². The van der Waals surface area contributed by atoms with E-state index >= 15 is 0 Å². The number of nitrogens with one attached hydrogen (secondary N) is 1. The third-order valence-corrected chi connectivity index (χ3v) is 4.77. The van der Waals surface area contributed by atoms with Crippen molar-refractivity contribution in [1.82, 2.24) is 19.4 Å². The highest BCUT2D eigenvalue weighted by molar-refractivity contribution is 5.61. The van der Waals surface area contributed by atoms with Crippen molar-refractivity contribution in [2.75, 3.05) is 5.32 Å². The van der Waals surface area contributed by atoms with E-state index in [2.05, 4.69) is 20.3 Å². The Morgan fingerprint density at radius 2 is 2.07 bits per heavy atom. The zero-order chi connectivity index (χ0) is 18.8. The molecule has 0 radical (unpaired) electrons. The van der Waals surface area contributed by atoms with Crippen LogP contribution in [0.1, 0.15) is 39.5 Å². The third-order valence-electron chi connectivity index (χ3n) is 4.77. The van der Waals surface area contributed by atoms with Crippen LogP contribution in [-0.4, -0.2) is 37.7 Å². The predicted octanol–water partition coefficient (Wildman–Crippen LogP) is 4.27. The van der Waals surface area contributed by atoms with Crippen molar-refractivity contribution >= 4 is 11.5 Å². The number of anilines is 1. The smallest absolute Gasteiger partial charge is 0.145 e. The summed E-state index contributed by atoms with van der Waals surface area (Å²) < 4.78 is 21.8. The van der Waals surface area contributed by atoms with Crippen molar-refractivity contribution in [3.63, 3.8) is 0 Å². The van der Waals surface area contributed by atoms with Gasteiger partial charge in [0.15, 0.2) is 0 Å². The van der Waals surface area contributed by atoms with E-state index in [0.29, 0.717) is 17.9 Å². The first-order valence-electron chi connectivity index (χ1n) is 9.47. The summed E-state index contributed by atoms with van der Waals surface area (Å²) in [5, 5.41) is 3.21. The maximum absolute atomic E-state index is 14.1. The van der Waals surface area contributed by atoms with Gasteiger partial charge < -0.3 is 10.1 Å². The summed E-state index contributed by atoms with van der Waals surface area (Å²) in [5.74, 6) is 1.37. The molecule has 1 aliphatic carbocycles. The summed E-state index contributed by atoms with van der Waals surface area (Å²) in [6, 6.07) is 3.61. The van der Waals surface area contributed by atoms with Gasteiger partial charge in [0.05, 0.1) is 36.4 Å². The molecule has 4 rings (SSSR count). The fourth-order valence-corrected chi connectivity index (χ4v) is 3.49. The van der Waals surface area contributed by atoms with E-state index < -0.39 is 6.17 Å². The molecule has 1 N–H and O–H groups in total. The average molecular weight is 369 g/mol. The lowest BCUT2D eigenvalue weighted by Crippen LogP contribution is -2.33. The molecule has 0 aromatic carbocycles. The van der Waals surface area contributed by atoms with Gasteiger partial charge in [0, 0.05) is 12.3 Å². The molecule has 0 saturated heterocycles. The molecule has 0 spiro atoms. The summed E-state index contributed by atoms with van der Waals surface area (Å²) in [7, 11) is 0. The van der Waals surface area contributed by atoms with Crippen LogP contribution in [-0.2, 0) is 0 Å². The lowest BCUT2D eigenvalue weighted by molar-refractivity contribution is 0.229. The maximum Gasteiger partial charge on any atom is 0.145 e. The summed E-state index contributed by atoms with van der Waals surface area (Å²) in [6.45, 7) is 3.98. The minimum atomic E-state index is -0.834. The number of hydrogen-bond acceptors (Lipinski definition) is 5. The minimum absolute atomic E-state index is 0.106. The van der Waals surface area contributed by atoms with Crippen molar-refractivity contribution in [3.8, 4) is 17.1 Å². The average Bonchev–Trinajstić information content (AvgIpc) is 3.07. The Morgan fingerprint density at radius 1 is 1.22 bits per heavy atom. The summed E-state index contributed by atoms with van der Waals surface area (Å²) in [6.07, 6.45) is 9.71. The molecule has 3 aromatic heterocycles. The molecule has 0 amide bonds. The second-order valence-corrected chi connectivity index (χ2v) is 7.24. The quantitative estimate of drug-likeness (QED) is 0.727. The Hall–Kier alpha value is -2.70. The molecule has 7 heteroatoms. The molecular formula is C20H24FN5O. The second kappa shape index (κ2) is 7.50. The van der Waals surface area contributed by atoms with Crippen LogP contribution >= 0.6 is 0 Å². The first-order valence-corrected chi connectivity index (χ1v) is 9.47. The van der Waals surface area contributed by atoms with Gasteiger partial charge in [0.1, 0.15) is 29.1 Å². The highest BCUT2D eigenvalue weighted by atomic mass is 19.1. The Balaban J connectivity index is 1.60. The van der Waals surface area contributed by atoms with Crippen LogP contribution in [0.4, 0.5) is 10.2 Å². The molecule has 1 fully saturated rings. The van der Waals surface area contributed by atoms with E-state index in [1.165, 1.54) is 0 Å². The SMILES string of the molecule is CC(C)Oc1ccn2c(-c3cncc(N[C@H]4CCCC[C@@H]4F)n3)cnc2c1. The van der Waals surface area contributed by atoms with E-state index in [1.54, 1.807) is 18.6 Å². The molecule has 1 aliphatic rings. The van der Waals surface area contributed by atoms with Gasteiger partial charge in [-0.05, 0) is 32.8 Å². The second-order valence-electron chi connectivity index (χ2n) is 7.24. The number of ether oxygens (including phenoxy) is 1. The number of fused-ring (bicyclic) bond motifs is 1. The molecule has 0 unspecified atom stereocenters. The number of alkyl halides is 1. The third kappa shape index (κ3) is 3.86. The summed E-state index contributed by atoms with van der Waals surface area (Å²) in [4.78, 5) is 13.4. The molecule has 3 heterocycles. The van der Waals surface area contributed by atoms with Gasteiger partial charge in [-0.2, -0.15) is 0 Å². The predicted molar refractivity (Wildman–Crippen MR) is 103 cm³/mol. The van der Waals surface area contributed by atoms with Gasteiger partial charge in [0.25, 0.3) is 0 Å². The lowest BCUT2D eigenvalue weighted by atomic mass is 9.94. The van der Waals surface area contributed by atoms with E-state index in [-0.39, 0.29) is 12.1 Å². The topological polar surface area (TPSA) is 64.3 Å². The van der Waals surface area contributed by atoms with Gasteiger partial charge in [0.2, 0.25) is 0 Å². The zero-order valence-corrected chi connectivity index (χ0v) is 15.6. The summed E-state index contributed by atoms with van der Waals surface area (Å²) >= 11 is 0. The van der Waals surface area contributed by atoms with E-state index in [1.807, 2.05) is 36.6 Å². The van der Waals surface area contributed by atoms with Crippen LogP contribution in [0.5, 0.6) is 5.75 Å². The summed E-state index contributed by atoms with van der Waals surface area (Å²) in [5.41, 5.74) is 2.30. The normalized spacial score (nSPS) is 20.1. The van der Waals surface area contributed by atoms with Gasteiger partial charge in [-0.15, -0.1) is 0 Å². The van der Waals surface area contributed by atoms with E-state index in [0.717, 1.165) is 36.4 Å². The van der Waals surface area contributed by atoms with Crippen molar-refractivity contribution in [2.45, 2.75) is 57.8 Å². The first kappa shape index (κ1) is 17.7. The fraction of sp³-hybridized carbons (Fsp3) is 0.450. The molecular weight excluding hydrogens is 345 g/mol. The van der Waals surface area contributed by atoms with Gasteiger partial charge >= 0.3 is 0 Å². The highest BCUT2D eigenvalue weighted by Gasteiger charge is 2.25. The van der Waals surface area contributed by atoms with Crippen LogP contribution in [0.25, 0.3) is 17.0 Å². The number of rotatable bonds is 5. The van der Waals surface area contributed by atoms with Crippen molar-refractivity contribution in [1.29, 1.82) is 0 Å². The highest BCUT2D eigenvalue weighted by Crippen LogP contribution is 2.26. The maximum atomic E-state index is 14.1. The van der Waals surface area contributed by atoms with E-state index in [9.17, 15) is 4.39 Å². The Kier molecular flexibility index (Phi) is 4.92. The number of pyridine rings is 1. The standard InChI is InChI=1S/C20H24FN5O/c1-13(2)27-14-7-8-26-18(11-23-20(26)9-14)17-10-22-12-19(25-17)24-16-6-4-3-5-15(16)21/h7-13,15-16H,3-6H2,1-2H3,(H,24,25)/t15-,16-/m0/s1. The molecule has 0 aliphatic heterocycles. The molecule has 1 saturated carbocycles. The van der Waals surface area contributed by atoms with Crippen LogP contribution in [0.2, 0.25) is 0 Å². The number of aromatic nitrogens is 4. The van der Waals surface area contributed by atoms with Crippen LogP contribution in [0.15, 0.2) is 36.9 Å². The number of imidazole rings is 1. The van der Waals surface area contributed by atoms with Crippen molar-refractivity contribution < 1.29 is 9.13 Å². The van der Waals surface area contributed by atoms with Crippen molar-refractivity contribution in [2.24, 2.45) is 0 Å². The Labute approximate surface area is 157 Å². The molecule has 2 atom stereocenters.